The Balaban J connectivity index is 1.86. The van der Waals surface area contributed by atoms with Crippen molar-refractivity contribution in [3.8, 4) is 0 Å². The lowest BCUT2D eigenvalue weighted by atomic mass is 9.96. The molecule has 21 heavy (non-hydrogen) atoms. The monoisotopic (exact) mass is 287 g/mol. The highest BCUT2D eigenvalue weighted by Crippen LogP contribution is 2.22. The zero-order chi connectivity index (χ0) is 15.1. The Morgan fingerprint density at radius 3 is 2.71 bits per heavy atom. The summed E-state index contributed by atoms with van der Waals surface area (Å²) < 4.78 is 0. The Labute approximate surface area is 127 Å². The van der Waals surface area contributed by atoms with Crippen LogP contribution >= 0.6 is 0 Å². The third-order valence-electron chi connectivity index (χ3n) is 4.23. The van der Waals surface area contributed by atoms with E-state index in [2.05, 4.69) is 6.92 Å². The molecule has 1 aromatic rings. The van der Waals surface area contributed by atoms with Crippen LogP contribution in [0.4, 0.5) is 0 Å². The molecule has 1 aliphatic rings. The smallest absolute Gasteiger partial charge is 0.222 e. The van der Waals surface area contributed by atoms with E-state index in [4.69, 9.17) is 0 Å². The number of hydrogen-bond donors (Lipinski definition) is 0. The number of hydrogen-bond acceptors (Lipinski definition) is 2. The molecule has 1 atom stereocenters. The van der Waals surface area contributed by atoms with Crippen molar-refractivity contribution in [1.29, 1.82) is 0 Å². The van der Waals surface area contributed by atoms with Crippen molar-refractivity contribution in [3.63, 3.8) is 0 Å². The Morgan fingerprint density at radius 2 is 2.00 bits per heavy atom. The highest BCUT2D eigenvalue weighted by molar-refractivity contribution is 5.87. The van der Waals surface area contributed by atoms with Crippen molar-refractivity contribution in [3.05, 3.63) is 35.9 Å². The number of benzene rings is 1. The number of rotatable bonds is 6. The van der Waals surface area contributed by atoms with Crippen LogP contribution in [0.1, 0.15) is 44.6 Å². The predicted molar refractivity (Wildman–Crippen MR) is 84.0 cm³/mol. The molecular weight excluding hydrogens is 262 g/mol. The molecule has 0 saturated carbocycles. The minimum Gasteiger partial charge on any atom is -0.335 e. The van der Waals surface area contributed by atoms with E-state index < -0.39 is 0 Å². The van der Waals surface area contributed by atoms with Gasteiger partial charge in [-0.25, -0.2) is 0 Å². The fourth-order valence-corrected chi connectivity index (χ4v) is 3.05. The van der Waals surface area contributed by atoms with Gasteiger partial charge in [0.1, 0.15) is 0 Å². The number of nitrogens with zero attached hydrogens (tertiary/aromatic N) is 1. The molecule has 1 aliphatic heterocycles. The predicted octanol–water partition coefficient (Wildman–Crippen LogP) is 3.23. The molecule has 0 radical (unpaired) electrons. The Bertz CT molecular complexity index is 469. The first-order valence-corrected chi connectivity index (χ1v) is 8.02. The maximum Gasteiger partial charge on any atom is 0.222 e. The quantitative estimate of drug-likeness (QED) is 0.805. The van der Waals surface area contributed by atoms with Gasteiger partial charge in [0.2, 0.25) is 5.91 Å². The molecule has 1 unspecified atom stereocenters. The van der Waals surface area contributed by atoms with E-state index in [0.717, 1.165) is 24.9 Å². The summed E-state index contributed by atoms with van der Waals surface area (Å²) in [5.41, 5.74) is 1.02. The zero-order valence-corrected chi connectivity index (χ0v) is 12.9. The van der Waals surface area contributed by atoms with Crippen LogP contribution in [0.5, 0.6) is 0 Å². The highest BCUT2D eigenvalue weighted by Gasteiger charge is 2.23. The van der Waals surface area contributed by atoms with Gasteiger partial charge in [0.05, 0.1) is 6.54 Å². The van der Waals surface area contributed by atoms with E-state index >= 15 is 0 Å². The molecule has 0 aromatic heterocycles. The van der Waals surface area contributed by atoms with Crippen LogP contribution in [0.25, 0.3) is 0 Å². The summed E-state index contributed by atoms with van der Waals surface area (Å²) in [4.78, 5) is 26.0. The molecule has 1 fully saturated rings. The highest BCUT2D eigenvalue weighted by atomic mass is 16.2. The summed E-state index contributed by atoms with van der Waals surface area (Å²) in [6, 6.07) is 9.74. The van der Waals surface area contributed by atoms with Crippen LogP contribution in [0.3, 0.4) is 0 Å². The van der Waals surface area contributed by atoms with E-state index in [0.29, 0.717) is 18.8 Å². The maximum atomic E-state index is 12.2. The second-order valence-corrected chi connectivity index (χ2v) is 6.00. The molecule has 114 valence electrons. The van der Waals surface area contributed by atoms with Crippen molar-refractivity contribution in [1.82, 2.24) is 4.90 Å². The van der Waals surface area contributed by atoms with Gasteiger partial charge in [-0.05, 0) is 24.3 Å². The lowest BCUT2D eigenvalue weighted by Gasteiger charge is -2.20. The summed E-state index contributed by atoms with van der Waals surface area (Å²) in [6.07, 6.45) is 5.41. The summed E-state index contributed by atoms with van der Waals surface area (Å²) in [6.45, 7) is 3.20. The fourth-order valence-electron chi connectivity index (χ4n) is 3.05. The van der Waals surface area contributed by atoms with Crippen molar-refractivity contribution in [2.24, 2.45) is 5.92 Å². The van der Waals surface area contributed by atoms with Gasteiger partial charge in [-0.1, -0.05) is 50.1 Å². The average molecular weight is 287 g/mol. The topological polar surface area (TPSA) is 37.4 Å². The Hall–Kier alpha value is -1.64. The Morgan fingerprint density at radius 1 is 1.24 bits per heavy atom. The summed E-state index contributed by atoms with van der Waals surface area (Å²) in [7, 11) is 0. The molecular formula is C18H25NO2. The molecule has 1 aromatic carbocycles. The van der Waals surface area contributed by atoms with Crippen LogP contribution in [0.2, 0.25) is 0 Å². The largest absolute Gasteiger partial charge is 0.335 e. The van der Waals surface area contributed by atoms with E-state index in [1.54, 1.807) is 4.90 Å². The number of carbonyl (C=O) groups excluding carboxylic acids is 2. The third-order valence-corrected chi connectivity index (χ3v) is 4.23. The van der Waals surface area contributed by atoms with E-state index in [1.807, 2.05) is 30.3 Å². The lowest BCUT2D eigenvalue weighted by Crippen LogP contribution is -2.35. The fraction of sp³-hybridized carbons (Fsp3) is 0.556. The normalized spacial score (nSPS) is 19.4. The molecule has 2 rings (SSSR count). The van der Waals surface area contributed by atoms with Gasteiger partial charge >= 0.3 is 0 Å². The zero-order valence-electron chi connectivity index (χ0n) is 12.9. The molecule has 3 nitrogen and oxygen atoms in total. The molecule has 0 N–H and O–H groups in total. The van der Waals surface area contributed by atoms with Crippen molar-refractivity contribution < 1.29 is 9.59 Å². The van der Waals surface area contributed by atoms with Gasteiger partial charge < -0.3 is 4.90 Å². The van der Waals surface area contributed by atoms with E-state index in [-0.39, 0.29) is 18.2 Å². The molecule has 3 heteroatoms. The van der Waals surface area contributed by atoms with E-state index in [1.165, 1.54) is 12.8 Å². The van der Waals surface area contributed by atoms with Crippen LogP contribution in [-0.4, -0.2) is 29.7 Å². The lowest BCUT2D eigenvalue weighted by molar-refractivity contribution is -0.134. The summed E-state index contributed by atoms with van der Waals surface area (Å²) >= 11 is 0. The first-order valence-electron chi connectivity index (χ1n) is 8.02. The van der Waals surface area contributed by atoms with Gasteiger partial charge in [-0.15, -0.1) is 0 Å². The maximum absolute atomic E-state index is 12.2. The summed E-state index contributed by atoms with van der Waals surface area (Å²) in [5, 5.41) is 0. The van der Waals surface area contributed by atoms with Crippen molar-refractivity contribution >= 4 is 11.7 Å². The standard InChI is InChI=1S/C18H25NO2/c1-2-6-15-9-10-18(21)19(12-11-15)14-17(20)13-16-7-4-3-5-8-16/h3-5,7-8,15H,2,6,9-14H2,1H3. The second kappa shape index (κ2) is 7.96. The number of amides is 1. The van der Waals surface area contributed by atoms with Gasteiger partial charge in [0, 0.05) is 19.4 Å². The Kier molecular flexibility index (Phi) is 5.97. The first kappa shape index (κ1) is 15.7. The minimum atomic E-state index is 0.128. The molecule has 0 bridgehead atoms. The van der Waals surface area contributed by atoms with Crippen LogP contribution in [0.15, 0.2) is 30.3 Å². The minimum absolute atomic E-state index is 0.128. The molecule has 1 amide bonds. The van der Waals surface area contributed by atoms with Crippen LogP contribution in [-0.2, 0) is 16.0 Å². The van der Waals surface area contributed by atoms with Gasteiger partial charge in [0.15, 0.2) is 5.78 Å². The molecule has 1 saturated heterocycles. The van der Waals surface area contributed by atoms with Gasteiger partial charge in [-0.3, -0.25) is 9.59 Å². The third kappa shape index (κ3) is 5.00. The number of likely N-dealkylation sites (tertiary alicyclic amines) is 1. The first-order chi connectivity index (χ1) is 10.2. The summed E-state index contributed by atoms with van der Waals surface area (Å²) in [5.74, 6) is 0.923. The SMILES string of the molecule is CCCC1CCC(=O)N(CC(=O)Cc2ccccc2)CC1. The van der Waals surface area contributed by atoms with Crippen molar-refractivity contribution in [2.45, 2.75) is 45.4 Å². The van der Waals surface area contributed by atoms with Gasteiger partial charge in [-0.2, -0.15) is 0 Å². The number of carbonyl (C=O) groups is 2. The van der Waals surface area contributed by atoms with Crippen LogP contribution < -0.4 is 0 Å². The number of Topliss-reactive ketones (excluding diaryl/α,β-unsaturated/α-hetero) is 1. The molecule has 0 aliphatic carbocycles. The van der Waals surface area contributed by atoms with Gasteiger partial charge in [0.25, 0.3) is 0 Å². The average Bonchev–Trinajstić information content (AvgIpc) is 2.64. The number of ketones is 1. The molecule has 0 spiro atoms. The van der Waals surface area contributed by atoms with Crippen molar-refractivity contribution in [2.75, 3.05) is 13.1 Å². The molecule has 1 heterocycles. The van der Waals surface area contributed by atoms with Crippen LogP contribution in [0, 0.1) is 5.92 Å². The van der Waals surface area contributed by atoms with E-state index in [9.17, 15) is 9.59 Å². The second-order valence-electron chi connectivity index (χ2n) is 6.00.